The molecule has 0 saturated carbocycles. The summed E-state index contributed by atoms with van der Waals surface area (Å²) in [7, 11) is 1.69. The van der Waals surface area contributed by atoms with Crippen molar-refractivity contribution in [3.63, 3.8) is 0 Å². The van der Waals surface area contributed by atoms with Crippen LogP contribution in [0.3, 0.4) is 0 Å². The SMILES string of the molecule is CCN(CC)C(CN=C(N)NC(C)C)c1cccc(OC)c1. The van der Waals surface area contributed by atoms with Crippen LogP contribution in [0.1, 0.15) is 39.3 Å². The topological polar surface area (TPSA) is 62.9 Å². The van der Waals surface area contributed by atoms with Crippen molar-refractivity contribution in [2.75, 3.05) is 26.7 Å². The average Bonchev–Trinajstić information content (AvgIpc) is 2.50. The molecule has 0 spiro atoms. The number of nitrogens with one attached hydrogen (secondary N) is 1. The summed E-state index contributed by atoms with van der Waals surface area (Å²) in [6.45, 7) is 11.0. The molecule has 0 heterocycles. The Kier molecular flexibility index (Phi) is 7.74. The first-order valence-corrected chi connectivity index (χ1v) is 7.96. The van der Waals surface area contributed by atoms with Gasteiger partial charge >= 0.3 is 0 Å². The number of hydrogen-bond donors (Lipinski definition) is 2. The molecule has 0 radical (unpaired) electrons. The largest absolute Gasteiger partial charge is 0.497 e. The maximum Gasteiger partial charge on any atom is 0.188 e. The van der Waals surface area contributed by atoms with Crippen molar-refractivity contribution >= 4 is 5.96 Å². The minimum absolute atomic E-state index is 0.192. The van der Waals surface area contributed by atoms with Crippen LogP contribution in [-0.2, 0) is 0 Å². The lowest BCUT2D eigenvalue weighted by atomic mass is 10.0. The number of methoxy groups -OCH3 is 1. The van der Waals surface area contributed by atoms with E-state index in [4.69, 9.17) is 10.5 Å². The van der Waals surface area contributed by atoms with E-state index >= 15 is 0 Å². The molecular formula is C17H30N4O. The molecule has 0 aromatic heterocycles. The summed E-state index contributed by atoms with van der Waals surface area (Å²) in [5.41, 5.74) is 7.13. The Morgan fingerprint density at radius 1 is 1.32 bits per heavy atom. The molecular weight excluding hydrogens is 276 g/mol. The molecule has 5 nitrogen and oxygen atoms in total. The van der Waals surface area contributed by atoms with Gasteiger partial charge in [0.1, 0.15) is 5.75 Å². The maximum absolute atomic E-state index is 5.94. The Bertz CT molecular complexity index is 469. The first-order valence-electron chi connectivity index (χ1n) is 7.96. The van der Waals surface area contributed by atoms with Gasteiger partial charge < -0.3 is 15.8 Å². The third-order valence-corrected chi connectivity index (χ3v) is 3.60. The smallest absolute Gasteiger partial charge is 0.188 e. The third kappa shape index (κ3) is 5.56. The molecule has 0 fully saturated rings. The molecule has 1 unspecified atom stereocenters. The van der Waals surface area contributed by atoms with E-state index in [2.05, 4.69) is 41.2 Å². The van der Waals surface area contributed by atoms with Gasteiger partial charge in [-0.15, -0.1) is 0 Å². The van der Waals surface area contributed by atoms with Crippen LogP contribution in [0.2, 0.25) is 0 Å². The zero-order valence-corrected chi connectivity index (χ0v) is 14.5. The van der Waals surface area contributed by atoms with Crippen LogP contribution in [-0.4, -0.2) is 43.6 Å². The van der Waals surface area contributed by atoms with Gasteiger partial charge in [-0.2, -0.15) is 0 Å². The van der Waals surface area contributed by atoms with Gasteiger partial charge in [0.05, 0.1) is 19.7 Å². The van der Waals surface area contributed by atoms with E-state index in [1.807, 2.05) is 26.0 Å². The second-order valence-corrected chi connectivity index (χ2v) is 5.54. The maximum atomic E-state index is 5.94. The van der Waals surface area contributed by atoms with Crippen molar-refractivity contribution in [1.29, 1.82) is 0 Å². The molecule has 0 aliphatic carbocycles. The second kappa shape index (κ2) is 9.30. The van der Waals surface area contributed by atoms with E-state index in [9.17, 15) is 0 Å². The van der Waals surface area contributed by atoms with Crippen LogP contribution in [0.4, 0.5) is 0 Å². The number of rotatable bonds is 8. The van der Waals surface area contributed by atoms with Crippen LogP contribution >= 0.6 is 0 Å². The van der Waals surface area contributed by atoms with Crippen LogP contribution in [0.15, 0.2) is 29.3 Å². The normalized spacial score (nSPS) is 13.5. The van der Waals surface area contributed by atoms with E-state index in [1.54, 1.807) is 7.11 Å². The summed E-state index contributed by atoms with van der Waals surface area (Å²) >= 11 is 0. The van der Waals surface area contributed by atoms with E-state index < -0.39 is 0 Å². The second-order valence-electron chi connectivity index (χ2n) is 5.54. The number of guanidine groups is 1. The van der Waals surface area contributed by atoms with Crippen LogP contribution in [0.5, 0.6) is 5.75 Å². The van der Waals surface area contributed by atoms with Crippen molar-refractivity contribution in [3.05, 3.63) is 29.8 Å². The molecule has 1 aromatic rings. The lowest BCUT2D eigenvalue weighted by molar-refractivity contribution is 0.224. The Hall–Kier alpha value is -1.75. The number of nitrogens with two attached hydrogens (primary N) is 1. The van der Waals surface area contributed by atoms with Crippen molar-refractivity contribution in [3.8, 4) is 5.75 Å². The standard InChI is InChI=1S/C17H30N4O/c1-6-21(7-2)16(12-19-17(18)20-13(3)4)14-9-8-10-15(11-14)22-5/h8-11,13,16H,6-7,12H2,1-5H3,(H3,18,19,20). The molecule has 0 saturated heterocycles. The van der Waals surface area contributed by atoms with Crippen LogP contribution in [0, 0.1) is 0 Å². The van der Waals surface area contributed by atoms with Crippen molar-refractivity contribution in [1.82, 2.24) is 10.2 Å². The van der Waals surface area contributed by atoms with Gasteiger partial charge in [-0.25, -0.2) is 0 Å². The number of likely N-dealkylation sites (N-methyl/N-ethyl adjacent to an activating group) is 1. The van der Waals surface area contributed by atoms with E-state index in [-0.39, 0.29) is 12.1 Å². The summed E-state index contributed by atoms with van der Waals surface area (Å²) < 4.78 is 5.34. The van der Waals surface area contributed by atoms with Crippen LogP contribution in [0.25, 0.3) is 0 Å². The molecule has 1 aromatic carbocycles. The Morgan fingerprint density at radius 3 is 2.55 bits per heavy atom. The third-order valence-electron chi connectivity index (χ3n) is 3.60. The lowest BCUT2D eigenvalue weighted by Gasteiger charge is -2.29. The summed E-state index contributed by atoms with van der Waals surface area (Å²) in [5, 5.41) is 3.13. The van der Waals surface area contributed by atoms with Gasteiger partial charge in [0.2, 0.25) is 0 Å². The monoisotopic (exact) mass is 306 g/mol. The van der Waals surface area contributed by atoms with E-state index in [0.29, 0.717) is 12.5 Å². The molecule has 0 aliphatic rings. The minimum Gasteiger partial charge on any atom is -0.497 e. The van der Waals surface area contributed by atoms with E-state index in [1.165, 1.54) is 5.56 Å². The van der Waals surface area contributed by atoms with Crippen molar-refractivity contribution < 1.29 is 4.74 Å². The highest BCUT2D eigenvalue weighted by atomic mass is 16.5. The molecule has 1 rings (SSSR count). The Morgan fingerprint density at radius 2 is 2.00 bits per heavy atom. The first kappa shape index (κ1) is 18.3. The molecule has 3 N–H and O–H groups in total. The molecule has 1 atom stereocenters. The summed E-state index contributed by atoms with van der Waals surface area (Å²) in [4.78, 5) is 6.89. The van der Waals surface area contributed by atoms with Crippen molar-refractivity contribution in [2.24, 2.45) is 10.7 Å². The molecule has 0 amide bonds. The fraction of sp³-hybridized carbons (Fsp3) is 0.588. The predicted octanol–water partition coefficient (Wildman–Crippen LogP) is 2.39. The predicted molar refractivity (Wildman–Crippen MR) is 93.4 cm³/mol. The van der Waals surface area contributed by atoms with E-state index in [0.717, 1.165) is 18.8 Å². The molecule has 0 bridgehead atoms. The van der Waals surface area contributed by atoms with Crippen LogP contribution < -0.4 is 15.8 Å². The lowest BCUT2D eigenvalue weighted by Crippen LogP contribution is -2.38. The minimum atomic E-state index is 0.192. The highest BCUT2D eigenvalue weighted by Crippen LogP contribution is 2.24. The summed E-state index contributed by atoms with van der Waals surface area (Å²) in [6, 6.07) is 8.65. The Balaban J connectivity index is 2.97. The number of nitrogens with zero attached hydrogens (tertiary/aromatic N) is 2. The van der Waals surface area contributed by atoms with Gasteiger partial charge in [0, 0.05) is 6.04 Å². The van der Waals surface area contributed by atoms with Gasteiger partial charge in [0.15, 0.2) is 5.96 Å². The van der Waals surface area contributed by atoms with Gasteiger partial charge in [-0.1, -0.05) is 26.0 Å². The zero-order valence-electron chi connectivity index (χ0n) is 14.5. The fourth-order valence-electron chi connectivity index (χ4n) is 2.47. The molecule has 22 heavy (non-hydrogen) atoms. The van der Waals surface area contributed by atoms with Gasteiger partial charge in [0.25, 0.3) is 0 Å². The fourth-order valence-corrected chi connectivity index (χ4v) is 2.47. The van der Waals surface area contributed by atoms with Gasteiger partial charge in [-0.3, -0.25) is 9.89 Å². The molecule has 5 heteroatoms. The number of aliphatic imine (C=N–C) groups is 1. The molecule has 0 aliphatic heterocycles. The number of hydrogen-bond acceptors (Lipinski definition) is 3. The quantitative estimate of drug-likeness (QED) is 0.572. The zero-order chi connectivity index (χ0) is 16.5. The number of ether oxygens (including phenoxy) is 1. The summed E-state index contributed by atoms with van der Waals surface area (Å²) in [5.74, 6) is 1.36. The highest BCUT2D eigenvalue weighted by Gasteiger charge is 2.18. The Labute approximate surface area is 134 Å². The highest BCUT2D eigenvalue weighted by molar-refractivity contribution is 5.78. The van der Waals surface area contributed by atoms with Crippen molar-refractivity contribution in [2.45, 2.75) is 39.8 Å². The van der Waals surface area contributed by atoms with Gasteiger partial charge in [-0.05, 0) is 44.6 Å². The molecule has 124 valence electrons. The first-order chi connectivity index (χ1) is 10.5. The average molecular weight is 306 g/mol. The summed E-state index contributed by atoms with van der Waals surface area (Å²) in [6.07, 6.45) is 0. The number of benzene rings is 1.